The Morgan fingerprint density at radius 3 is 2.81 bits per heavy atom. The van der Waals surface area contributed by atoms with E-state index < -0.39 is 0 Å². The van der Waals surface area contributed by atoms with Gasteiger partial charge in [-0.05, 0) is 46.4 Å². The van der Waals surface area contributed by atoms with Crippen LogP contribution in [-0.2, 0) is 24.8 Å². The van der Waals surface area contributed by atoms with Gasteiger partial charge in [-0.3, -0.25) is 4.79 Å². The van der Waals surface area contributed by atoms with E-state index in [0.29, 0.717) is 18.8 Å². The Balaban J connectivity index is 1.57. The number of nitrogens with zero attached hydrogens (tertiary/aromatic N) is 4. The number of thiophene rings is 2. The van der Waals surface area contributed by atoms with Crippen molar-refractivity contribution >= 4 is 56.3 Å². The molecule has 0 fully saturated rings. The minimum atomic E-state index is 0.116. The first kappa shape index (κ1) is 19.6. The lowest BCUT2D eigenvalue weighted by molar-refractivity contribution is -0.128. The van der Waals surface area contributed by atoms with Crippen LogP contribution in [-0.4, -0.2) is 37.9 Å². The Kier molecular flexibility index (Phi) is 6.91. The molecule has 3 heterocycles. The summed E-state index contributed by atoms with van der Waals surface area (Å²) in [7, 11) is 1.95. The molecule has 0 aliphatic heterocycles. The second-order valence-corrected chi connectivity index (χ2v) is 10.1. The van der Waals surface area contributed by atoms with Gasteiger partial charge in [0.05, 0.1) is 16.1 Å². The van der Waals surface area contributed by atoms with E-state index in [9.17, 15) is 4.79 Å². The lowest BCUT2D eigenvalue weighted by Gasteiger charge is -2.19. The third-order valence-corrected chi connectivity index (χ3v) is 7.36. The molecule has 3 aromatic heterocycles. The zero-order chi connectivity index (χ0) is 18.5. The highest BCUT2D eigenvalue weighted by Crippen LogP contribution is 2.24. The number of halogens is 1. The van der Waals surface area contributed by atoms with Crippen molar-refractivity contribution in [3.63, 3.8) is 0 Å². The first-order valence-corrected chi connectivity index (χ1v) is 11.6. The van der Waals surface area contributed by atoms with Gasteiger partial charge in [-0.1, -0.05) is 17.8 Å². The van der Waals surface area contributed by atoms with E-state index in [-0.39, 0.29) is 5.91 Å². The van der Waals surface area contributed by atoms with E-state index in [2.05, 4.69) is 43.6 Å². The molecule has 0 unspecified atom stereocenters. The zero-order valence-corrected chi connectivity index (χ0v) is 18.6. The minimum absolute atomic E-state index is 0.116. The van der Waals surface area contributed by atoms with Crippen molar-refractivity contribution in [1.82, 2.24) is 19.7 Å². The van der Waals surface area contributed by atoms with Gasteiger partial charge in [0.25, 0.3) is 0 Å². The van der Waals surface area contributed by atoms with Gasteiger partial charge in [-0.25, -0.2) is 0 Å². The molecule has 3 rings (SSSR count). The van der Waals surface area contributed by atoms with Crippen molar-refractivity contribution in [2.75, 3.05) is 12.3 Å². The Labute approximate surface area is 173 Å². The average molecular weight is 471 g/mol. The maximum Gasteiger partial charge on any atom is 0.233 e. The first-order valence-electron chi connectivity index (χ1n) is 8.12. The van der Waals surface area contributed by atoms with Crippen LogP contribution in [0, 0.1) is 0 Å². The number of carbonyl (C=O) groups excluding carboxylic acids is 1. The number of hydrogen-bond acceptors (Lipinski definition) is 6. The molecule has 0 radical (unpaired) electrons. The molecule has 0 saturated carbocycles. The highest BCUT2D eigenvalue weighted by atomic mass is 79.9. The van der Waals surface area contributed by atoms with Gasteiger partial charge in [-0.15, -0.1) is 32.9 Å². The number of aromatic nitrogens is 3. The summed E-state index contributed by atoms with van der Waals surface area (Å²) in [6.45, 7) is 3.35. The predicted octanol–water partition coefficient (Wildman–Crippen LogP) is 4.43. The van der Waals surface area contributed by atoms with Crippen LogP contribution in [0.25, 0.3) is 0 Å². The van der Waals surface area contributed by atoms with Gasteiger partial charge in [-0.2, -0.15) is 0 Å². The van der Waals surface area contributed by atoms with Gasteiger partial charge in [0.15, 0.2) is 5.16 Å². The topological polar surface area (TPSA) is 51.0 Å². The van der Waals surface area contributed by atoms with Gasteiger partial charge in [0.1, 0.15) is 5.82 Å². The Morgan fingerprint density at radius 2 is 2.15 bits per heavy atom. The van der Waals surface area contributed by atoms with Crippen LogP contribution in [0.3, 0.4) is 0 Å². The molecule has 26 heavy (non-hydrogen) atoms. The van der Waals surface area contributed by atoms with E-state index >= 15 is 0 Å². The maximum absolute atomic E-state index is 12.6. The summed E-state index contributed by atoms with van der Waals surface area (Å²) in [6.07, 6.45) is 0.768. The number of thioether (sulfide) groups is 1. The lowest BCUT2D eigenvalue weighted by Crippen LogP contribution is -2.31. The molecular weight excluding hydrogens is 452 g/mol. The van der Waals surface area contributed by atoms with Gasteiger partial charge >= 0.3 is 0 Å². The molecule has 3 aromatic rings. The summed E-state index contributed by atoms with van der Waals surface area (Å²) in [4.78, 5) is 16.9. The Bertz CT molecular complexity index is 859. The monoisotopic (exact) mass is 470 g/mol. The quantitative estimate of drug-likeness (QED) is 0.456. The molecule has 0 aliphatic carbocycles. The summed E-state index contributed by atoms with van der Waals surface area (Å²) in [5.41, 5.74) is 0. The summed E-state index contributed by atoms with van der Waals surface area (Å²) in [6, 6.07) is 8.20. The zero-order valence-electron chi connectivity index (χ0n) is 14.5. The highest BCUT2D eigenvalue weighted by molar-refractivity contribution is 9.11. The molecule has 0 atom stereocenters. The second kappa shape index (κ2) is 9.16. The van der Waals surface area contributed by atoms with Crippen molar-refractivity contribution in [2.45, 2.75) is 25.0 Å². The number of hydrogen-bond donors (Lipinski definition) is 0. The van der Waals surface area contributed by atoms with Crippen molar-refractivity contribution in [1.29, 1.82) is 0 Å². The fraction of sp³-hybridized carbons (Fsp3) is 0.353. The molecule has 5 nitrogen and oxygen atoms in total. The minimum Gasteiger partial charge on any atom is -0.337 e. The molecule has 0 spiro atoms. The Hall–Kier alpha value is -1.16. The van der Waals surface area contributed by atoms with Gasteiger partial charge < -0.3 is 9.47 Å². The lowest BCUT2D eigenvalue weighted by atomic mass is 10.3. The molecular formula is C17H19BrN4OS3. The summed E-state index contributed by atoms with van der Waals surface area (Å²) in [5, 5.41) is 11.4. The number of amides is 1. The first-order chi connectivity index (χ1) is 12.6. The molecule has 1 amide bonds. The maximum atomic E-state index is 12.6. The fourth-order valence-electron chi connectivity index (χ4n) is 2.41. The number of rotatable bonds is 8. The van der Waals surface area contributed by atoms with E-state index in [0.717, 1.165) is 21.2 Å². The Morgan fingerprint density at radius 1 is 1.31 bits per heavy atom. The SMILES string of the molecule is CCN(Cc1ccc(Br)s1)C(=O)CSc1nnc(Cc2cccs2)n1C. The highest BCUT2D eigenvalue weighted by Gasteiger charge is 2.16. The van der Waals surface area contributed by atoms with Crippen LogP contribution < -0.4 is 0 Å². The van der Waals surface area contributed by atoms with Gasteiger partial charge in [0, 0.05) is 29.8 Å². The van der Waals surface area contributed by atoms with E-state index in [4.69, 9.17) is 0 Å². The van der Waals surface area contributed by atoms with Crippen molar-refractivity contribution < 1.29 is 4.79 Å². The predicted molar refractivity (Wildman–Crippen MR) is 112 cm³/mol. The molecule has 0 aromatic carbocycles. The van der Waals surface area contributed by atoms with Crippen LogP contribution >= 0.6 is 50.4 Å². The summed E-state index contributed by atoms with van der Waals surface area (Å²) in [5.74, 6) is 1.40. The van der Waals surface area contributed by atoms with Crippen LogP contribution in [0.5, 0.6) is 0 Å². The molecule has 0 N–H and O–H groups in total. The van der Waals surface area contributed by atoms with Crippen LogP contribution in [0.2, 0.25) is 0 Å². The second-order valence-electron chi connectivity index (χ2n) is 5.62. The number of carbonyl (C=O) groups is 1. The third kappa shape index (κ3) is 4.97. The van der Waals surface area contributed by atoms with Crippen molar-refractivity contribution in [3.05, 3.63) is 49.0 Å². The van der Waals surface area contributed by atoms with Crippen LogP contribution in [0.15, 0.2) is 38.6 Å². The average Bonchev–Trinajstić information content (AvgIpc) is 3.35. The molecule has 0 saturated heterocycles. The summed E-state index contributed by atoms with van der Waals surface area (Å²) >= 11 is 8.28. The van der Waals surface area contributed by atoms with E-state index in [1.807, 2.05) is 35.6 Å². The third-order valence-electron chi connectivity index (χ3n) is 3.87. The molecule has 0 bridgehead atoms. The smallest absolute Gasteiger partial charge is 0.233 e. The normalized spacial score (nSPS) is 11.0. The molecule has 9 heteroatoms. The fourth-order valence-corrected chi connectivity index (χ4v) is 5.45. The van der Waals surface area contributed by atoms with Crippen LogP contribution in [0.1, 0.15) is 22.5 Å². The van der Waals surface area contributed by atoms with Crippen molar-refractivity contribution in [3.8, 4) is 0 Å². The van der Waals surface area contributed by atoms with Crippen LogP contribution in [0.4, 0.5) is 0 Å². The van der Waals surface area contributed by atoms with E-state index in [1.165, 1.54) is 21.5 Å². The largest absolute Gasteiger partial charge is 0.337 e. The summed E-state index contributed by atoms with van der Waals surface area (Å²) < 4.78 is 3.06. The van der Waals surface area contributed by atoms with Gasteiger partial charge in [0.2, 0.25) is 5.91 Å². The molecule has 138 valence electrons. The van der Waals surface area contributed by atoms with Crippen molar-refractivity contribution in [2.24, 2.45) is 7.05 Å². The molecule has 0 aliphatic rings. The van der Waals surface area contributed by atoms with E-state index in [1.54, 1.807) is 22.7 Å². The standard InChI is InChI=1S/C17H19BrN4OS3/c1-3-22(10-13-6-7-14(18)26-13)16(23)11-25-17-20-19-15(21(17)2)9-12-5-4-8-24-12/h4-8H,3,9-11H2,1-2H3.